The van der Waals surface area contributed by atoms with Crippen LogP contribution in [0.3, 0.4) is 0 Å². The molecule has 122 valence electrons. The lowest BCUT2D eigenvalue weighted by Crippen LogP contribution is -2.52. The van der Waals surface area contributed by atoms with Gasteiger partial charge >= 0.3 is 0 Å². The molecule has 6 heteroatoms. The Hall–Kier alpha value is -0.950. The maximum absolute atomic E-state index is 12.1. The van der Waals surface area contributed by atoms with Crippen LogP contribution in [0, 0.1) is 5.92 Å². The Bertz CT molecular complexity index is 454. The smallest absolute Gasteiger partial charge is 0.225 e. The van der Waals surface area contributed by atoms with Crippen molar-refractivity contribution >= 4 is 17.2 Å². The van der Waals surface area contributed by atoms with Gasteiger partial charge in [0.15, 0.2) is 0 Å². The van der Waals surface area contributed by atoms with Gasteiger partial charge < -0.3 is 14.8 Å². The van der Waals surface area contributed by atoms with E-state index in [1.54, 1.807) is 11.3 Å². The van der Waals surface area contributed by atoms with Crippen LogP contribution >= 0.6 is 11.3 Å². The number of nitrogens with one attached hydrogen (secondary N) is 1. The molecule has 2 saturated heterocycles. The highest BCUT2D eigenvalue weighted by Crippen LogP contribution is 2.22. The molecule has 0 bridgehead atoms. The highest BCUT2D eigenvalue weighted by molar-refractivity contribution is 7.10. The zero-order chi connectivity index (χ0) is 15.2. The summed E-state index contributed by atoms with van der Waals surface area (Å²) < 4.78 is 11.0. The number of carbonyl (C=O) groups is 1. The van der Waals surface area contributed by atoms with Crippen LogP contribution in [0.1, 0.15) is 11.3 Å². The van der Waals surface area contributed by atoms with Gasteiger partial charge in [0.2, 0.25) is 5.91 Å². The summed E-state index contributed by atoms with van der Waals surface area (Å²) in [6.07, 6.45) is 1.57. The van der Waals surface area contributed by atoms with E-state index >= 15 is 0 Å². The third kappa shape index (κ3) is 4.29. The molecule has 0 radical (unpaired) electrons. The Balaban J connectivity index is 1.53. The maximum Gasteiger partial charge on any atom is 0.225 e. The molecule has 0 saturated carbocycles. The topological polar surface area (TPSA) is 50.8 Å². The van der Waals surface area contributed by atoms with E-state index in [0.717, 1.165) is 50.8 Å². The minimum Gasteiger partial charge on any atom is -0.381 e. The fourth-order valence-corrected chi connectivity index (χ4v) is 3.92. The molecule has 1 amide bonds. The number of amides is 1. The van der Waals surface area contributed by atoms with Crippen molar-refractivity contribution in [2.24, 2.45) is 5.92 Å². The van der Waals surface area contributed by atoms with E-state index in [4.69, 9.17) is 9.47 Å². The normalized spacial score (nSPS) is 24.3. The van der Waals surface area contributed by atoms with E-state index < -0.39 is 0 Å². The third-order valence-corrected chi connectivity index (χ3v) is 5.32. The fourth-order valence-electron chi connectivity index (χ4n) is 3.21. The summed E-state index contributed by atoms with van der Waals surface area (Å²) >= 11 is 1.63. The fraction of sp³-hybridized carbons (Fsp3) is 0.688. The molecule has 3 rings (SSSR count). The van der Waals surface area contributed by atoms with Crippen LogP contribution in [-0.4, -0.2) is 62.9 Å². The molecule has 3 heterocycles. The number of nitrogens with zero attached hydrogens (tertiary/aromatic N) is 1. The van der Waals surface area contributed by atoms with Crippen molar-refractivity contribution in [2.45, 2.75) is 18.9 Å². The molecule has 0 spiro atoms. The summed E-state index contributed by atoms with van der Waals surface area (Å²) in [7, 11) is 0. The quantitative estimate of drug-likeness (QED) is 0.853. The summed E-state index contributed by atoms with van der Waals surface area (Å²) in [5.74, 6) is 0.625. The molecule has 2 atom stereocenters. The van der Waals surface area contributed by atoms with E-state index in [2.05, 4.69) is 10.2 Å². The lowest BCUT2D eigenvalue weighted by Gasteiger charge is -2.37. The molecule has 0 aromatic carbocycles. The zero-order valence-electron chi connectivity index (χ0n) is 12.8. The van der Waals surface area contributed by atoms with Gasteiger partial charge in [0.25, 0.3) is 0 Å². The first-order chi connectivity index (χ1) is 10.8. The van der Waals surface area contributed by atoms with E-state index in [-0.39, 0.29) is 5.91 Å². The third-order valence-electron chi connectivity index (χ3n) is 4.45. The second kappa shape index (κ2) is 8.06. The van der Waals surface area contributed by atoms with Gasteiger partial charge in [-0.25, -0.2) is 0 Å². The van der Waals surface area contributed by atoms with Gasteiger partial charge in [-0.1, -0.05) is 6.07 Å². The molecule has 0 aliphatic carbocycles. The van der Waals surface area contributed by atoms with Gasteiger partial charge in [-0.2, -0.15) is 0 Å². The van der Waals surface area contributed by atoms with E-state index in [1.807, 2.05) is 17.5 Å². The summed E-state index contributed by atoms with van der Waals surface area (Å²) in [5, 5.41) is 5.13. The number of hydrogen-bond acceptors (Lipinski definition) is 5. The van der Waals surface area contributed by atoms with Crippen LogP contribution in [0.2, 0.25) is 0 Å². The number of thiophene rings is 1. The number of ether oxygens (including phenoxy) is 2. The van der Waals surface area contributed by atoms with Crippen LogP contribution in [0.4, 0.5) is 0 Å². The van der Waals surface area contributed by atoms with E-state index in [9.17, 15) is 4.79 Å². The number of carbonyl (C=O) groups excluding carboxylic acids is 1. The maximum atomic E-state index is 12.1. The Morgan fingerprint density at radius 3 is 2.91 bits per heavy atom. The Labute approximate surface area is 135 Å². The Morgan fingerprint density at radius 2 is 2.23 bits per heavy atom. The molecule has 1 N–H and O–H groups in total. The van der Waals surface area contributed by atoms with Gasteiger partial charge in [-0.05, 0) is 17.9 Å². The minimum absolute atomic E-state index is 0.111. The molecular formula is C16H24N2O3S. The first-order valence-electron chi connectivity index (χ1n) is 8.01. The average Bonchev–Trinajstić information content (AvgIpc) is 3.22. The first kappa shape index (κ1) is 15.9. The molecular weight excluding hydrogens is 300 g/mol. The van der Waals surface area contributed by atoms with Crippen molar-refractivity contribution in [2.75, 3.05) is 46.1 Å². The van der Waals surface area contributed by atoms with Crippen molar-refractivity contribution in [3.8, 4) is 0 Å². The first-order valence-corrected chi connectivity index (χ1v) is 8.89. The molecule has 2 fully saturated rings. The van der Waals surface area contributed by atoms with Crippen LogP contribution < -0.4 is 5.32 Å². The van der Waals surface area contributed by atoms with Crippen molar-refractivity contribution in [3.63, 3.8) is 0 Å². The van der Waals surface area contributed by atoms with E-state index in [1.165, 1.54) is 0 Å². The van der Waals surface area contributed by atoms with Crippen LogP contribution in [-0.2, 0) is 20.7 Å². The predicted molar refractivity (Wildman–Crippen MR) is 86.1 cm³/mol. The molecule has 2 aliphatic heterocycles. The molecule has 5 nitrogen and oxygen atoms in total. The zero-order valence-corrected chi connectivity index (χ0v) is 13.6. The summed E-state index contributed by atoms with van der Waals surface area (Å²) in [6, 6.07) is 4.35. The van der Waals surface area contributed by atoms with Crippen LogP contribution in [0.5, 0.6) is 0 Å². The Morgan fingerprint density at radius 1 is 1.36 bits per heavy atom. The molecule has 1 aromatic heterocycles. The van der Waals surface area contributed by atoms with Crippen LogP contribution in [0.25, 0.3) is 0 Å². The molecule has 0 unspecified atom stereocenters. The van der Waals surface area contributed by atoms with Crippen molar-refractivity contribution < 1.29 is 14.3 Å². The Kier molecular flexibility index (Phi) is 5.83. The van der Waals surface area contributed by atoms with Gasteiger partial charge in [-0.15, -0.1) is 11.3 Å². The largest absolute Gasteiger partial charge is 0.381 e. The lowest BCUT2D eigenvalue weighted by molar-refractivity contribution is -0.120. The van der Waals surface area contributed by atoms with Gasteiger partial charge in [0.05, 0.1) is 26.2 Å². The van der Waals surface area contributed by atoms with Gasteiger partial charge in [0, 0.05) is 43.1 Å². The second-order valence-corrected chi connectivity index (χ2v) is 6.93. The minimum atomic E-state index is 0.111. The highest BCUT2D eigenvalue weighted by Gasteiger charge is 2.31. The number of morpholine rings is 1. The van der Waals surface area contributed by atoms with Crippen LogP contribution in [0.15, 0.2) is 17.5 Å². The predicted octanol–water partition coefficient (Wildman–Crippen LogP) is 1.14. The summed E-state index contributed by atoms with van der Waals surface area (Å²) in [6.45, 7) is 5.82. The van der Waals surface area contributed by atoms with Crippen molar-refractivity contribution in [3.05, 3.63) is 22.4 Å². The monoisotopic (exact) mass is 324 g/mol. The van der Waals surface area contributed by atoms with Gasteiger partial charge in [-0.3, -0.25) is 9.69 Å². The number of rotatable bonds is 6. The standard InChI is InChI=1S/C16H24N2O3S/c19-16(10-14-2-1-9-22-14)17-11-15(13-3-6-21-12-13)18-4-7-20-8-5-18/h1-2,9,13,15H,3-8,10-12H2,(H,17,19)/t13-,15-/m0/s1. The lowest BCUT2D eigenvalue weighted by atomic mass is 9.97. The molecule has 22 heavy (non-hydrogen) atoms. The molecule has 2 aliphatic rings. The van der Waals surface area contributed by atoms with Gasteiger partial charge in [0.1, 0.15) is 0 Å². The van der Waals surface area contributed by atoms with Crippen molar-refractivity contribution in [1.29, 1.82) is 0 Å². The number of hydrogen-bond donors (Lipinski definition) is 1. The summed E-state index contributed by atoms with van der Waals surface area (Å²) in [5.41, 5.74) is 0. The van der Waals surface area contributed by atoms with E-state index in [0.29, 0.717) is 24.9 Å². The summed E-state index contributed by atoms with van der Waals surface area (Å²) in [4.78, 5) is 15.7. The second-order valence-electron chi connectivity index (χ2n) is 5.90. The highest BCUT2D eigenvalue weighted by atomic mass is 32.1. The molecule has 1 aromatic rings. The average molecular weight is 324 g/mol. The SMILES string of the molecule is O=C(Cc1cccs1)NC[C@@H]([C@H]1CCOC1)N1CCOCC1. The van der Waals surface area contributed by atoms with Crippen molar-refractivity contribution in [1.82, 2.24) is 10.2 Å².